The molecule has 4 aromatic rings. The van der Waals surface area contributed by atoms with E-state index in [4.69, 9.17) is 16.3 Å². The minimum absolute atomic E-state index is 0.107. The molecule has 0 bridgehead atoms. The lowest BCUT2D eigenvalue weighted by Gasteiger charge is -2.52. The molecule has 1 saturated carbocycles. The third kappa shape index (κ3) is 7.17. The van der Waals surface area contributed by atoms with Crippen molar-refractivity contribution in [3.8, 4) is 0 Å². The van der Waals surface area contributed by atoms with Crippen molar-refractivity contribution in [1.82, 2.24) is 19.4 Å². The summed E-state index contributed by atoms with van der Waals surface area (Å²) >= 11 is 6.69. The second-order valence-corrected chi connectivity index (χ2v) is 14.5. The van der Waals surface area contributed by atoms with Crippen LogP contribution in [-0.2, 0) is 27.8 Å². The molecule has 7 rings (SSSR count). The lowest BCUT2D eigenvalue weighted by molar-refractivity contribution is -0.257. The summed E-state index contributed by atoms with van der Waals surface area (Å²) in [4.78, 5) is 50.6. The number of benzene rings is 2. The van der Waals surface area contributed by atoms with Gasteiger partial charge >= 0.3 is 5.97 Å². The van der Waals surface area contributed by atoms with Crippen molar-refractivity contribution in [2.75, 3.05) is 49.5 Å². The minimum Gasteiger partial charge on any atom is -0.481 e. The van der Waals surface area contributed by atoms with E-state index in [0.29, 0.717) is 70.5 Å². The summed E-state index contributed by atoms with van der Waals surface area (Å²) in [7, 11) is 1.85. The molecule has 2 N–H and O–H groups in total. The number of Topliss-reactive ketones (excluding diaryl/α,β-unsaturated/α-hetero) is 1. The van der Waals surface area contributed by atoms with E-state index in [1.54, 1.807) is 18.6 Å². The Balaban J connectivity index is 1.16. The number of fused-ring (bicyclic) bond motifs is 1. The van der Waals surface area contributed by atoms with Crippen molar-refractivity contribution in [3.05, 3.63) is 89.1 Å². The fourth-order valence-electron chi connectivity index (χ4n) is 8.09. The maximum absolute atomic E-state index is 16.0. The number of carbonyl (C=O) groups excluding carboxylic acids is 2. The van der Waals surface area contributed by atoms with Crippen LogP contribution in [0.25, 0.3) is 10.9 Å². The molecule has 13 heteroatoms. The molecule has 1 unspecified atom stereocenters. The summed E-state index contributed by atoms with van der Waals surface area (Å²) in [6.07, 6.45) is 8.38. The maximum atomic E-state index is 16.0. The number of amides is 1. The fraction of sp³-hybridized carbons (Fsp3) is 0.436. The van der Waals surface area contributed by atoms with Gasteiger partial charge in [0.25, 0.3) is 5.91 Å². The highest BCUT2D eigenvalue weighted by Crippen LogP contribution is 2.37. The fourth-order valence-corrected chi connectivity index (χ4v) is 8.32. The molecule has 2 aliphatic heterocycles. The van der Waals surface area contributed by atoms with Crippen molar-refractivity contribution in [3.63, 3.8) is 0 Å². The molecule has 1 aliphatic carbocycles. The van der Waals surface area contributed by atoms with Gasteiger partial charge in [-0.3, -0.25) is 29.2 Å². The molecule has 2 aromatic heterocycles. The number of aromatic nitrogens is 2. The predicted octanol–water partition coefficient (Wildman–Crippen LogP) is 5.96. The second-order valence-electron chi connectivity index (χ2n) is 14.1. The Kier molecular flexibility index (Phi) is 10.6. The van der Waals surface area contributed by atoms with Crippen LogP contribution in [-0.4, -0.2) is 93.3 Å². The molecular formula is C39H44ClFN6O5. The first kappa shape index (κ1) is 36.0. The van der Waals surface area contributed by atoms with E-state index in [2.05, 4.69) is 25.0 Å². The van der Waals surface area contributed by atoms with E-state index in [1.807, 2.05) is 48.0 Å². The van der Waals surface area contributed by atoms with Crippen LogP contribution in [0.4, 0.5) is 15.8 Å². The van der Waals surface area contributed by atoms with Crippen molar-refractivity contribution < 1.29 is 28.6 Å². The molecule has 1 atom stereocenters. The Morgan fingerprint density at radius 2 is 1.63 bits per heavy atom. The summed E-state index contributed by atoms with van der Waals surface area (Å²) in [6.45, 7) is 3.63. The van der Waals surface area contributed by atoms with Crippen LogP contribution in [0.1, 0.15) is 54.4 Å². The normalized spacial score (nSPS) is 21.2. The largest absolute Gasteiger partial charge is 0.481 e. The van der Waals surface area contributed by atoms with Crippen LogP contribution in [0.5, 0.6) is 0 Å². The van der Waals surface area contributed by atoms with Gasteiger partial charge in [0.15, 0.2) is 5.78 Å². The number of carboxylic acids is 1. The van der Waals surface area contributed by atoms with E-state index >= 15 is 4.39 Å². The van der Waals surface area contributed by atoms with Crippen LogP contribution in [0.15, 0.2) is 67.1 Å². The summed E-state index contributed by atoms with van der Waals surface area (Å²) in [5.41, 5.74) is 2.58. The second kappa shape index (κ2) is 15.3. The van der Waals surface area contributed by atoms with E-state index in [1.165, 1.54) is 12.1 Å². The number of para-hydroxylation sites is 1. The Hall–Kier alpha value is -4.36. The molecule has 1 amide bonds. The van der Waals surface area contributed by atoms with Gasteiger partial charge in [0.2, 0.25) is 5.85 Å². The number of likely N-dealkylation sites (tertiary alicyclic amines) is 1. The number of rotatable bonds is 11. The number of carboxylic acid groups (broad SMARTS) is 1. The van der Waals surface area contributed by atoms with Crippen LogP contribution in [0, 0.1) is 11.7 Å². The number of ether oxygens (including phenoxy) is 1. The summed E-state index contributed by atoms with van der Waals surface area (Å²) in [5, 5.41) is 13.3. The summed E-state index contributed by atoms with van der Waals surface area (Å²) in [6, 6.07) is 14.0. The first-order valence-corrected chi connectivity index (χ1v) is 18.4. The van der Waals surface area contributed by atoms with Crippen LogP contribution in [0.2, 0.25) is 5.02 Å². The molecule has 0 radical (unpaired) electrons. The lowest BCUT2D eigenvalue weighted by atomic mass is 9.87. The van der Waals surface area contributed by atoms with Gasteiger partial charge in [0.05, 0.1) is 28.3 Å². The summed E-state index contributed by atoms with van der Waals surface area (Å²) in [5.74, 6) is -4.10. The average Bonchev–Trinajstić information content (AvgIpc) is 3.82. The number of ketones is 1. The molecule has 2 saturated heterocycles. The molecule has 3 aliphatic rings. The number of halogens is 2. The van der Waals surface area contributed by atoms with Gasteiger partial charge in [0, 0.05) is 87.9 Å². The number of hydrogen-bond donors (Lipinski definition) is 2. The molecule has 2 aromatic carbocycles. The topological polar surface area (TPSA) is 120 Å². The van der Waals surface area contributed by atoms with E-state index in [-0.39, 0.29) is 34.6 Å². The number of piperazine rings is 1. The monoisotopic (exact) mass is 730 g/mol. The third-order valence-electron chi connectivity index (χ3n) is 10.9. The van der Waals surface area contributed by atoms with Crippen LogP contribution in [0.3, 0.4) is 0 Å². The molecule has 0 spiro atoms. The number of nitrogens with zero attached hydrogens (tertiary/aromatic N) is 5. The van der Waals surface area contributed by atoms with Gasteiger partial charge in [-0.05, 0) is 74.4 Å². The zero-order valence-electron chi connectivity index (χ0n) is 29.3. The molecule has 3 fully saturated rings. The van der Waals surface area contributed by atoms with Gasteiger partial charge < -0.3 is 24.6 Å². The van der Waals surface area contributed by atoms with E-state index < -0.39 is 29.5 Å². The molecule has 4 heterocycles. The Labute approximate surface area is 307 Å². The average molecular weight is 731 g/mol. The van der Waals surface area contributed by atoms with Gasteiger partial charge in [0.1, 0.15) is 5.82 Å². The van der Waals surface area contributed by atoms with Gasteiger partial charge in [-0.25, -0.2) is 4.39 Å². The Morgan fingerprint density at radius 3 is 2.33 bits per heavy atom. The number of pyridine rings is 1. The summed E-state index contributed by atoms with van der Waals surface area (Å²) < 4.78 is 24.9. The van der Waals surface area contributed by atoms with Crippen molar-refractivity contribution in [1.29, 1.82) is 0 Å². The highest BCUT2D eigenvalue weighted by atomic mass is 35.5. The number of aryl methyl sites for hydroxylation is 1. The standard InChI is InChI=1S/C39H44ClFN6O5/c1-44-25-31(30-6-2-3-7-35(30)44)37(49)43-34-24-33(41)27(22-32(34)40)23-36(48)39(46-16-4-5-17-46,52-29-10-8-26(9-11-29)38(50)51)47-20-18-45(19-21-47)28-12-14-42-15-13-28/h2-3,6-7,12-15,22,24-26,29H,4-5,8-11,16-21,23H2,1H3,(H,43,49)(H,50,51)/t26-,29-,39?. The quantitative estimate of drug-likeness (QED) is 0.193. The number of anilines is 2. The predicted molar refractivity (Wildman–Crippen MR) is 197 cm³/mol. The van der Waals surface area contributed by atoms with Crippen LogP contribution < -0.4 is 10.2 Å². The SMILES string of the molecule is Cn1cc(C(=O)Nc2cc(F)c(CC(=O)C(O[C@H]3CC[C@H](C(=O)O)CC3)(N3CCCC3)N3CCN(c4ccncc4)CC3)cc2Cl)c2ccccc21. The Bertz CT molecular complexity index is 1940. The van der Waals surface area contributed by atoms with Gasteiger partial charge in [-0.15, -0.1) is 0 Å². The molecule has 52 heavy (non-hydrogen) atoms. The zero-order valence-corrected chi connectivity index (χ0v) is 30.0. The number of carbonyl (C=O) groups is 3. The smallest absolute Gasteiger partial charge is 0.306 e. The van der Waals surface area contributed by atoms with Crippen molar-refractivity contribution in [2.24, 2.45) is 13.0 Å². The number of hydrogen-bond acceptors (Lipinski definition) is 8. The molecule has 274 valence electrons. The minimum atomic E-state index is -1.47. The van der Waals surface area contributed by atoms with Gasteiger partial charge in [-0.1, -0.05) is 29.8 Å². The van der Waals surface area contributed by atoms with Gasteiger partial charge in [-0.2, -0.15) is 0 Å². The van der Waals surface area contributed by atoms with Crippen LogP contribution >= 0.6 is 11.6 Å². The highest BCUT2D eigenvalue weighted by molar-refractivity contribution is 6.34. The van der Waals surface area contributed by atoms with Crippen molar-refractivity contribution >= 4 is 51.5 Å². The molecular weight excluding hydrogens is 687 g/mol. The third-order valence-corrected chi connectivity index (χ3v) is 11.2. The maximum Gasteiger partial charge on any atom is 0.306 e. The van der Waals surface area contributed by atoms with E-state index in [9.17, 15) is 19.5 Å². The van der Waals surface area contributed by atoms with Crippen molar-refractivity contribution in [2.45, 2.75) is 56.9 Å². The number of aliphatic carboxylic acids is 1. The highest BCUT2D eigenvalue weighted by Gasteiger charge is 2.53. The molecule has 11 nitrogen and oxygen atoms in total. The first-order chi connectivity index (χ1) is 25.1. The van der Waals surface area contributed by atoms with E-state index in [0.717, 1.165) is 29.4 Å². The lowest BCUT2D eigenvalue weighted by Crippen LogP contribution is -2.71. The zero-order chi connectivity index (χ0) is 36.4. The first-order valence-electron chi connectivity index (χ1n) is 18.1. The number of nitrogens with one attached hydrogen (secondary N) is 1. The Morgan fingerprint density at radius 1 is 0.962 bits per heavy atom.